The Bertz CT molecular complexity index is 512. The summed E-state index contributed by atoms with van der Waals surface area (Å²) < 4.78 is 2.15. The van der Waals surface area contributed by atoms with Crippen LogP contribution in [0.3, 0.4) is 0 Å². The number of nitrogens with zero attached hydrogens (tertiary/aromatic N) is 4. The molecule has 6 nitrogen and oxygen atoms in total. The van der Waals surface area contributed by atoms with Crippen molar-refractivity contribution in [1.82, 2.24) is 30.3 Å². The molecule has 1 aliphatic rings. The lowest BCUT2D eigenvalue weighted by Gasteiger charge is -2.21. The number of nitrogens with one attached hydrogen (secondary N) is 2. The van der Waals surface area contributed by atoms with Gasteiger partial charge in [0.05, 0.1) is 17.8 Å². The van der Waals surface area contributed by atoms with Gasteiger partial charge < -0.3 is 5.32 Å². The molecule has 1 fully saturated rings. The van der Waals surface area contributed by atoms with Crippen LogP contribution in [-0.4, -0.2) is 32.0 Å². The molecule has 1 saturated carbocycles. The van der Waals surface area contributed by atoms with E-state index in [1.165, 1.54) is 32.1 Å². The van der Waals surface area contributed by atoms with Crippen LogP contribution in [-0.2, 0) is 6.42 Å². The van der Waals surface area contributed by atoms with Crippen molar-refractivity contribution in [3.8, 4) is 0 Å². The molecule has 6 heteroatoms. The molecule has 2 N–H and O–H groups in total. The van der Waals surface area contributed by atoms with Gasteiger partial charge in [-0.2, -0.15) is 10.2 Å². The predicted molar refractivity (Wildman–Crippen MR) is 76.2 cm³/mol. The van der Waals surface area contributed by atoms with E-state index in [4.69, 9.17) is 5.10 Å². The Morgan fingerprint density at radius 2 is 2.25 bits per heavy atom. The van der Waals surface area contributed by atoms with Crippen LogP contribution in [0, 0.1) is 0 Å². The summed E-state index contributed by atoms with van der Waals surface area (Å²) in [7, 11) is 1.94. The van der Waals surface area contributed by atoms with Crippen LogP contribution in [0.2, 0.25) is 0 Å². The van der Waals surface area contributed by atoms with E-state index >= 15 is 0 Å². The maximum absolute atomic E-state index is 4.75. The zero-order valence-corrected chi connectivity index (χ0v) is 11.9. The van der Waals surface area contributed by atoms with Gasteiger partial charge in [-0.15, -0.1) is 0 Å². The number of hydrogen-bond acceptors (Lipinski definition) is 4. The monoisotopic (exact) mass is 274 g/mol. The van der Waals surface area contributed by atoms with Crippen molar-refractivity contribution in [3.63, 3.8) is 0 Å². The highest BCUT2D eigenvalue weighted by Gasteiger charge is 2.18. The third-order valence-corrected chi connectivity index (χ3v) is 4.14. The highest BCUT2D eigenvalue weighted by atomic mass is 15.3. The predicted octanol–water partition coefficient (Wildman–Crippen LogP) is 2.01. The number of hydrogen-bond donors (Lipinski definition) is 2. The number of likely N-dealkylation sites (N-methyl/N-ethyl adjacent to an activating group) is 1. The lowest BCUT2D eigenvalue weighted by molar-refractivity contribution is 0.327. The first-order valence-electron chi connectivity index (χ1n) is 7.43. The molecule has 0 bridgehead atoms. The van der Waals surface area contributed by atoms with Crippen molar-refractivity contribution in [2.45, 2.75) is 50.6 Å². The van der Waals surface area contributed by atoms with Crippen molar-refractivity contribution in [2.75, 3.05) is 7.05 Å². The van der Waals surface area contributed by atoms with Crippen molar-refractivity contribution >= 4 is 0 Å². The van der Waals surface area contributed by atoms with Crippen molar-refractivity contribution in [2.24, 2.45) is 0 Å². The van der Waals surface area contributed by atoms with Crippen LogP contribution in [0.4, 0.5) is 0 Å². The molecular formula is C14H22N6. The van der Waals surface area contributed by atoms with E-state index in [0.29, 0.717) is 6.04 Å². The van der Waals surface area contributed by atoms with E-state index < -0.39 is 0 Å². The molecule has 2 aromatic rings. The Morgan fingerprint density at radius 1 is 1.40 bits per heavy atom. The SMILES string of the molecule is CNC(Cc1ccn(C2CCCCC2)n1)c1ncn[nH]1. The first kappa shape index (κ1) is 13.3. The van der Waals surface area contributed by atoms with Crippen molar-refractivity contribution in [1.29, 1.82) is 0 Å². The molecular weight excluding hydrogens is 252 g/mol. The summed E-state index contributed by atoms with van der Waals surface area (Å²) in [5.41, 5.74) is 1.10. The van der Waals surface area contributed by atoms with Gasteiger partial charge in [-0.25, -0.2) is 4.98 Å². The molecule has 3 rings (SSSR count). The summed E-state index contributed by atoms with van der Waals surface area (Å²) >= 11 is 0. The summed E-state index contributed by atoms with van der Waals surface area (Å²) in [6.07, 6.45) is 11.0. The van der Waals surface area contributed by atoms with Crippen molar-refractivity contribution in [3.05, 3.63) is 30.1 Å². The smallest absolute Gasteiger partial charge is 0.141 e. The Hall–Kier alpha value is -1.69. The largest absolute Gasteiger partial charge is 0.310 e. The van der Waals surface area contributed by atoms with Gasteiger partial charge in [-0.1, -0.05) is 19.3 Å². The van der Waals surface area contributed by atoms with Crippen LogP contribution in [0.15, 0.2) is 18.6 Å². The molecule has 2 heterocycles. The molecule has 1 aliphatic carbocycles. The van der Waals surface area contributed by atoms with E-state index in [1.54, 1.807) is 6.33 Å². The summed E-state index contributed by atoms with van der Waals surface area (Å²) in [6, 6.07) is 2.85. The number of H-pyrrole nitrogens is 1. The van der Waals surface area contributed by atoms with E-state index in [9.17, 15) is 0 Å². The molecule has 0 aromatic carbocycles. The van der Waals surface area contributed by atoms with Gasteiger partial charge >= 0.3 is 0 Å². The van der Waals surface area contributed by atoms with Crippen LogP contribution < -0.4 is 5.32 Å². The van der Waals surface area contributed by atoms with Gasteiger partial charge in [-0.05, 0) is 26.0 Å². The normalized spacial score (nSPS) is 18.2. The third-order valence-electron chi connectivity index (χ3n) is 4.14. The zero-order valence-electron chi connectivity index (χ0n) is 11.9. The fourth-order valence-electron chi connectivity index (χ4n) is 2.96. The second kappa shape index (κ2) is 6.17. The Kier molecular flexibility index (Phi) is 4.11. The number of rotatable bonds is 5. The highest BCUT2D eigenvalue weighted by molar-refractivity contribution is 5.06. The van der Waals surface area contributed by atoms with Crippen LogP contribution in [0.25, 0.3) is 0 Å². The quantitative estimate of drug-likeness (QED) is 0.875. The Morgan fingerprint density at radius 3 is 2.95 bits per heavy atom. The fourth-order valence-corrected chi connectivity index (χ4v) is 2.96. The fraction of sp³-hybridized carbons (Fsp3) is 0.643. The Labute approximate surface area is 119 Å². The minimum atomic E-state index is 0.132. The van der Waals surface area contributed by atoms with Gasteiger partial charge in [0.25, 0.3) is 0 Å². The molecule has 1 atom stereocenters. The van der Waals surface area contributed by atoms with E-state index in [0.717, 1.165) is 17.9 Å². The second-order valence-electron chi connectivity index (χ2n) is 5.50. The molecule has 20 heavy (non-hydrogen) atoms. The van der Waals surface area contributed by atoms with Gasteiger partial charge in [0.15, 0.2) is 0 Å². The lowest BCUT2D eigenvalue weighted by atomic mass is 9.96. The molecule has 2 aromatic heterocycles. The Balaban J connectivity index is 1.67. The second-order valence-corrected chi connectivity index (χ2v) is 5.50. The minimum absolute atomic E-state index is 0.132. The van der Waals surface area contributed by atoms with E-state index in [2.05, 4.69) is 37.4 Å². The molecule has 0 spiro atoms. The van der Waals surface area contributed by atoms with E-state index in [-0.39, 0.29) is 6.04 Å². The highest BCUT2D eigenvalue weighted by Crippen LogP contribution is 2.27. The summed E-state index contributed by atoms with van der Waals surface area (Å²) in [4.78, 5) is 4.22. The average Bonchev–Trinajstić information content (AvgIpc) is 3.17. The van der Waals surface area contributed by atoms with Gasteiger partial charge in [0.1, 0.15) is 12.2 Å². The zero-order chi connectivity index (χ0) is 13.8. The lowest BCUT2D eigenvalue weighted by Crippen LogP contribution is -2.21. The van der Waals surface area contributed by atoms with E-state index in [1.807, 2.05) is 7.05 Å². The van der Waals surface area contributed by atoms with Crippen LogP contribution >= 0.6 is 0 Å². The topological polar surface area (TPSA) is 71.4 Å². The maximum atomic E-state index is 4.75. The molecule has 0 radical (unpaired) electrons. The summed E-state index contributed by atoms with van der Waals surface area (Å²) in [6.45, 7) is 0. The molecule has 108 valence electrons. The number of aromatic nitrogens is 5. The third kappa shape index (κ3) is 2.90. The standard InChI is InChI=1S/C14H22N6/c1-15-13(14-16-10-17-18-14)9-11-7-8-20(19-11)12-5-3-2-4-6-12/h7-8,10,12-13,15H,2-6,9H2,1H3,(H,16,17,18). The number of aromatic amines is 1. The molecule has 0 saturated heterocycles. The minimum Gasteiger partial charge on any atom is -0.310 e. The molecule has 0 aliphatic heterocycles. The van der Waals surface area contributed by atoms with Crippen molar-refractivity contribution < 1.29 is 0 Å². The first-order chi connectivity index (χ1) is 9.86. The molecule has 1 unspecified atom stereocenters. The average molecular weight is 274 g/mol. The van der Waals surface area contributed by atoms with Gasteiger partial charge in [0.2, 0.25) is 0 Å². The van der Waals surface area contributed by atoms with Gasteiger partial charge in [0, 0.05) is 12.6 Å². The summed E-state index contributed by atoms with van der Waals surface area (Å²) in [5, 5.41) is 14.8. The van der Waals surface area contributed by atoms with Crippen LogP contribution in [0.5, 0.6) is 0 Å². The maximum Gasteiger partial charge on any atom is 0.141 e. The summed E-state index contributed by atoms with van der Waals surface area (Å²) in [5.74, 6) is 0.861. The van der Waals surface area contributed by atoms with Gasteiger partial charge in [-0.3, -0.25) is 9.78 Å². The first-order valence-corrected chi connectivity index (χ1v) is 7.43. The molecule has 0 amide bonds. The van der Waals surface area contributed by atoms with Crippen LogP contribution in [0.1, 0.15) is 55.7 Å².